The van der Waals surface area contributed by atoms with Crippen LogP contribution < -0.4 is 10.6 Å². The van der Waals surface area contributed by atoms with Crippen molar-refractivity contribution in [3.8, 4) is 0 Å². The van der Waals surface area contributed by atoms with Crippen LogP contribution in [0.4, 0.5) is 26.3 Å². The molecule has 1 spiro atoms. The van der Waals surface area contributed by atoms with Crippen LogP contribution in [0.2, 0.25) is 0 Å². The van der Waals surface area contributed by atoms with Gasteiger partial charge in [-0.15, -0.1) is 0 Å². The van der Waals surface area contributed by atoms with E-state index >= 15 is 0 Å². The summed E-state index contributed by atoms with van der Waals surface area (Å²) in [7, 11) is 0. The lowest BCUT2D eigenvalue weighted by Gasteiger charge is -2.52. The number of aliphatic hydroxyl groups is 2. The molecule has 4 atom stereocenters. The predicted octanol–water partition coefficient (Wildman–Crippen LogP) is 4.20. The van der Waals surface area contributed by atoms with E-state index in [1.165, 1.54) is 42.1 Å². The van der Waals surface area contributed by atoms with E-state index < -0.39 is 93.3 Å². The minimum atomic E-state index is -4.78. The van der Waals surface area contributed by atoms with Crippen molar-refractivity contribution in [3.63, 3.8) is 0 Å². The van der Waals surface area contributed by atoms with E-state index in [1.807, 2.05) is 0 Å². The van der Waals surface area contributed by atoms with Gasteiger partial charge >= 0.3 is 18.3 Å². The van der Waals surface area contributed by atoms with Crippen molar-refractivity contribution in [1.82, 2.24) is 25.3 Å². The van der Waals surface area contributed by atoms with Crippen LogP contribution in [0, 0.1) is 22.2 Å². The van der Waals surface area contributed by atoms with Gasteiger partial charge in [-0.3, -0.25) is 19.2 Å². The number of halogens is 6. The Kier molecular flexibility index (Phi) is 12.0. The molecule has 0 radical (unpaired) electrons. The second-order valence-electron chi connectivity index (χ2n) is 19.3. The molecule has 356 valence electrons. The lowest BCUT2D eigenvalue weighted by atomic mass is 9.65. The molecule has 1 unspecified atom stereocenters. The highest BCUT2D eigenvalue weighted by atomic mass is 19.4. The fourth-order valence-corrected chi connectivity index (χ4v) is 11.1. The summed E-state index contributed by atoms with van der Waals surface area (Å²) in [5.74, 6) is -5.92. The van der Waals surface area contributed by atoms with Crippen LogP contribution in [-0.4, -0.2) is 143 Å². The number of nitrogens with zero attached hydrogens (tertiary/aromatic N) is 4. The van der Waals surface area contributed by atoms with Gasteiger partial charge in [0.2, 0.25) is 23.6 Å². The van der Waals surface area contributed by atoms with E-state index in [0.717, 1.165) is 42.7 Å². The van der Waals surface area contributed by atoms with Gasteiger partial charge in [-0.1, -0.05) is 6.07 Å². The molecule has 9 rings (SSSR count). The second-order valence-corrected chi connectivity index (χ2v) is 19.3. The van der Waals surface area contributed by atoms with Crippen molar-refractivity contribution in [2.24, 2.45) is 27.2 Å². The average Bonchev–Trinajstić information content (AvgIpc) is 4.00. The van der Waals surface area contributed by atoms with Gasteiger partial charge in [-0.2, -0.15) is 26.3 Å². The number of fused-ring (bicyclic) bond motifs is 3. The highest BCUT2D eigenvalue weighted by Gasteiger charge is 2.72. The lowest BCUT2D eigenvalue weighted by Crippen LogP contribution is -2.67. The first-order valence-electron chi connectivity index (χ1n) is 22.2. The third kappa shape index (κ3) is 8.55. The summed E-state index contributed by atoms with van der Waals surface area (Å²) in [6, 6.07) is 1.35. The molecule has 7 fully saturated rings. The van der Waals surface area contributed by atoms with E-state index in [0.29, 0.717) is 12.2 Å². The highest BCUT2D eigenvalue weighted by Crippen LogP contribution is 2.60. The number of aliphatic imine (C=N–C) groups is 1. The Morgan fingerprint density at radius 3 is 2.15 bits per heavy atom. The minimum absolute atomic E-state index is 0.0490. The number of aliphatic hydroxyl groups excluding tert-OH is 2. The Morgan fingerprint density at radius 2 is 1.62 bits per heavy atom. The van der Waals surface area contributed by atoms with Gasteiger partial charge in [0.25, 0.3) is 5.91 Å². The molecule has 5 saturated heterocycles. The van der Waals surface area contributed by atoms with Gasteiger partial charge in [-0.05, 0) is 101 Å². The average molecular weight is 925 g/mol. The summed E-state index contributed by atoms with van der Waals surface area (Å²) in [5, 5.41) is 26.8. The summed E-state index contributed by atoms with van der Waals surface area (Å²) < 4.78 is 94.1. The summed E-state index contributed by atoms with van der Waals surface area (Å²) >= 11 is 0. The normalized spacial score (nSPS) is 29.1. The van der Waals surface area contributed by atoms with Gasteiger partial charge in [0.15, 0.2) is 5.54 Å². The molecule has 15 nitrogen and oxygen atoms in total. The Bertz CT molecular complexity index is 2120. The Morgan fingerprint density at radius 1 is 0.954 bits per heavy atom. The van der Waals surface area contributed by atoms with Crippen molar-refractivity contribution in [2.75, 3.05) is 52.5 Å². The van der Waals surface area contributed by atoms with Crippen LogP contribution >= 0.6 is 0 Å². The maximum atomic E-state index is 14.9. The standard InChI is InChI=1S/C44H54F6N6O9/c1-3-64-36(61)30-16-27(43(45,46)47)4-5-29(30)26-8-14-54(15-9-26)35(60)33(25(2)57)53-34(59)31-18-55(21-40(31)22-56(23-40)37(62)41(12-13-41)44(48,49)50)38(63)42(20-51-32(58)17-52-42)19-39-10-6-28(7-11-39)65-24-39/h4-5,16-17,20,25-26,28,31,33,52,57-58H,3,6-15,18-19,21-24H2,1-2H3,(H,53,59)/t25-,28?,31+,33+,39?,42?/m1/s1. The first-order valence-corrected chi connectivity index (χ1v) is 22.2. The van der Waals surface area contributed by atoms with E-state index in [1.54, 1.807) is 0 Å². The number of ether oxygens (including phenoxy) is 2. The van der Waals surface area contributed by atoms with E-state index in [2.05, 4.69) is 15.6 Å². The van der Waals surface area contributed by atoms with Crippen LogP contribution in [-0.2, 0) is 34.8 Å². The molecule has 6 heterocycles. The number of hydrogen-bond acceptors (Lipinski definition) is 11. The van der Waals surface area contributed by atoms with Crippen LogP contribution in [0.3, 0.4) is 0 Å². The number of nitrogens with one attached hydrogen (secondary N) is 2. The topological polar surface area (TPSA) is 190 Å². The summed E-state index contributed by atoms with van der Waals surface area (Å²) in [6.07, 6.45) is -5.16. The zero-order chi connectivity index (χ0) is 46.9. The number of alkyl halides is 6. The number of rotatable bonds is 11. The number of amides is 4. The third-order valence-electron chi connectivity index (χ3n) is 15.0. The fourth-order valence-electron chi connectivity index (χ4n) is 11.1. The van der Waals surface area contributed by atoms with Gasteiger partial charge in [-0.25, -0.2) is 9.79 Å². The Hall–Kier alpha value is -4.92. The Balaban J connectivity index is 1.01. The molecule has 6 aliphatic heterocycles. The van der Waals surface area contributed by atoms with E-state index in [-0.39, 0.29) is 95.5 Å². The fraction of sp³-hybridized carbons (Fsp3) is 0.682. The molecule has 21 heteroatoms. The van der Waals surface area contributed by atoms with Crippen LogP contribution in [0.1, 0.15) is 99.0 Å². The largest absolute Gasteiger partial charge is 0.492 e. The van der Waals surface area contributed by atoms with E-state index in [9.17, 15) is 60.5 Å². The maximum absolute atomic E-state index is 14.9. The highest BCUT2D eigenvalue weighted by molar-refractivity contribution is 6.05. The zero-order valence-electron chi connectivity index (χ0n) is 36.1. The number of carbonyl (C=O) groups is 5. The smallest absolute Gasteiger partial charge is 0.416 e. The molecular formula is C44H54F6N6O9. The maximum Gasteiger partial charge on any atom is 0.416 e. The van der Waals surface area contributed by atoms with Crippen molar-refractivity contribution in [2.45, 2.75) is 114 Å². The molecular weight excluding hydrogens is 871 g/mol. The third-order valence-corrected chi connectivity index (χ3v) is 15.0. The molecule has 2 bridgehead atoms. The van der Waals surface area contributed by atoms with Crippen LogP contribution in [0.25, 0.3) is 0 Å². The van der Waals surface area contributed by atoms with Gasteiger partial charge in [0.1, 0.15) is 11.5 Å². The number of piperidine rings is 1. The van der Waals surface area contributed by atoms with Gasteiger partial charge in [0.05, 0.1) is 48.7 Å². The molecule has 1 aromatic carbocycles. The van der Waals surface area contributed by atoms with Crippen molar-refractivity contribution in [1.29, 1.82) is 0 Å². The molecule has 4 amide bonds. The summed E-state index contributed by atoms with van der Waals surface area (Å²) in [5.41, 5.74) is -6.57. The van der Waals surface area contributed by atoms with Crippen molar-refractivity contribution in [3.05, 3.63) is 47.0 Å². The van der Waals surface area contributed by atoms with Crippen molar-refractivity contribution >= 4 is 35.8 Å². The second kappa shape index (κ2) is 16.7. The first kappa shape index (κ1) is 46.6. The molecule has 4 N–H and O–H groups in total. The molecule has 2 saturated carbocycles. The lowest BCUT2D eigenvalue weighted by molar-refractivity contribution is -0.205. The molecule has 2 aliphatic carbocycles. The molecule has 65 heavy (non-hydrogen) atoms. The SMILES string of the molecule is CCOC(=O)c1cc(C(F)(F)F)ccc1C1CCN(C(=O)[C@@H](NC(=O)[C@@H]2CN(C(=O)C3(CC45CCC(CC4)OC5)C=NC(O)=CN3)CC23CN(C(=O)C2(C(F)(F)F)CC2)C3)[C@@H](C)O)CC1. The zero-order valence-corrected chi connectivity index (χ0v) is 36.1. The number of carbonyl (C=O) groups excluding carboxylic acids is 5. The Labute approximate surface area is 370 Å². The predicted molar refractivity (Wildman–Crippen MR) is 217 cm³/mol. The van der Waals surface area contributed by atoms with Gasteiger partial charge in [0, 0.05) is 50.9 Å². The number of esters is 1. The van der Waals surface area contributed by atoms with Crippen molar-refractivity contribution < 1.29 is 70.0 Å². The molecule has 0 aromatic heterocycles. The van der Waals surface area contributed by atoms with Crippen LogP contribution in [0.15, 0.2) is 35.3 Å². The quantitative estimate of drug-likeness (QED) is 0.185. The molecule has 8 aliphatic rings. The van der Waals surface area contributed by atoms with E-state index in [4.69, 9.17) is 9.47 Å². The summed E-state index contributed by atoms with van der Waals surface area (Å²) in [6.45, 7) is 2.31. The minimum Gasteiger partial charge on any atom is -0.492 e. The summed E-state index contributed by atoms with van der Waals surface area (Å²) in [4.78, 5) is 77.7. The van der Waals surface area contributed by atoms with Crippen LogP contribution in [0.5, 0.6) is 0 Å². The number of likely N-dealkylation sites (tertiary alicyclic amines) is 3. The monoisotopic (exact) mass is 924 g/mol. The molecule has 1 aromatic rings. The number of hydrogen-bond donors (Lipinski definition) is 4. The first-order chi connectivity index (χ1) is 30.5. The van der Waals surface area contributed by atoms with Gasteiger partial charge < -0.3 is 45.0 Å². The number of benzene rings is 1.